The lowest BCUT2D eigenvalue weighted by molar-refractivity contribution is -0.138. The van der Waals surface area contributed by atoms with Gasteiger partial charge in [0.1, 0.15) is 5.82 Å². The molecule has 0 saturated heterocycles. The Hall–Kier alpha value is -2.31. The van der Waals surface area contributed by atoms with Crippen LogP contribution in [-0.2, 0) is 11.3 Å². The van der Waals surface area contributed by atoms with Crippen molar-refractivity contribution in [3.63, 3.8) is 0 Å². The van der Waals surface area contributed by atoms with E-state index in [1.807, 2.05) is 6.92 Å². The van der Waals surface area contributed by atoms with Crippen molar-refractivity contribution in [2.24, 2.45) is 5.92 Å². The van der Waals surface area contributed by atoms with Crippen molar-refractivity contribution in [2.45, 2.75) is 26.8 Å². The van der Waals surface area contributed by atoms with Gasteiger partial charge in [-0.15, -0.1) is 5.10 Å². The molecule has 1 unspecified atom stereocenters. The maximum absolute atomic E-state index is 13.3. The normalized spacial score (nSPS) is 12.3. The van der Waals surface area contributed by atoms with E-state index in [9.17, 15) is 9.18 Å². The number of carbonyl (C=O) groups is 1. The van der Waals surface area contributed by atoms with Gasteiger partial charge >= 0.3 is 5.97 Å². The maximum Gasteiger partial charge on any atom is 0.303 e. The molecule has 0 aliphatic carbocycles. The molecule has 0 amide bonds. The molecule has 6 nitrogen and oxygen atoms in total. The molecular weight excluding hydrogens is 263 g/mol. The van der Waals surface area contributed by atoms with Crippen molar-refractivity contribution in [1.29, 1.82) is 0 Å². The van der Waals surface area contributed by atoms with Crippen molar-refractivity contribution in [3.05, 3.63) is 29.6 Å². The number of hydrogen-bond donors (Lipinski definition) is 1. The average molecular weight is 278 g/mol. The predicted molar refractivity (Wildman–Crippen MR) is 69.4 cm³/mol. The van der Waals surface area contributed by atoms with Gasteiger partial charge in [-0.3, -0.25) is 4.79 Å². The van der Waals surface area contributed by atoms with Crippen LogP contribution in [-0.4, -0.2) is 31.3 Å². The number of aromatic nitrogens is 4. The molecule has 0 saturated carbocycles. The number of rotatable bonds is 5. The predicted octanol–water partition coefficient (Wildman–Crippen LogP) is 1.90. The van der Waals surface area contributed by atoms with E-state index in [0.29, 0.717) is 17.9 Å². The molecule has 106 valence electrons. The zero-order chi connectivity index (χ0) is 14.7. The topological polar surface area (TPSA) is 80.9 Å². The van der Waals surface area contributed by atoms with Gasteiger partial charge in [0, 0.05) is 18.5 Å². The summed E-state index contributed by atoms with van der Waals surface area (Å²) in [5.74, 6) is -0.907. The average Bonchev–Trinajstić information content (AvgIpc) is 2.79. The summed E-state index contributed by atoms with van der Waals surface area (Å²) in [7, 11) is 0. The monoisotopic (exact) mass is 278 g/mol. The number of hydrogen-bond acceptors (Lipinski definition) is 4. The Morgan fingerprint density at radius 3 is 2.95 bits per heavy atom. The van der Waals surface area contributed by atoms with Crippen LogP contribution in [0.4, 0.5) is 4.39 Å². The number of aryl methyl sites for hydroxylation is 1. The molecule has 0 aliphatic rings. The second kappa shape index (κ2) is 5.77. The summed E-state index contributed by atoms with van der Waals surface area (Å²) < 4.78 is 14.9. The molecule has 0 spiro atoms. The van der Waals surface area contributed by atoms with Crippen molar-refractivity contribution in [1.82, 2.24) is 20.2 Å². The standard InChI is InChI=1S/C13H15FN4O2/c1-8(5-12(19)20)7-18-13(15-16-17-18)11-6-10(14)4-3-9(11)2/h3-4,6,8H,5,7H2,1-2H3,(H,19,20). The van der Waals surface area contributed by atoms with Gasteiger partial charge < -0.3 is 5.11 Å². The van der Waals surface area contributed by atoms with Crippen LogP contribution in [0.3, 0.4) is 0 Å². The third-order valence-electron chi connectivity index (χ3n) is 2.98. The highest BCUT2D eigenvalue weighted by molar-refractivity contribution is 5.67. The summed E-state index contributed by atoms with van der Waals surface area (Å²) in [6, 6.07) is 4.41. The molecule has 0 fully saturated rings. The number of nitrogens with zero attached hydrogens (tertiary/aromatic N) is 4. The van der Waals surface area contributed by atoms with Crippen LogP contribution in [0.2, 0.25) is 0 Å². The van der Waals surface area contributed by atoms with E-state index in [4.69, 9.17) is 5.11 Å². The van der Waals surface area contributed by atoms with Crippen LogP contribution in [0.25, 0.3) is 11.4 Å². The maximum atomic E-state index is 13.3. The Labute approximate surface area is 115 Å². The van der Waals surface area contributed by atoms with Gasteiger partial charge in [0.2, 0.25) is 0 Å². The minimum atomic E-state index is -0.867. The van der Waals surface area contributed by atoms with Crippen molar-refractivity contribution in [2.75, 3.05) is 0 Å². The molecule has 1 N–H and O–H groups in total. The summed E-state index contributed by atoms with van der Waals surface area (Å²) in [4.78, 5) is 10.7. The first-order chi connectivity index (χ1) is 9.47. The van der Waals surface area contributed by atoms with Crippen LogP contribution in [0.5, 0.6) is 0 Å². The molecule has 1 aromatic carbocycles. The van der Waals surface area contributed by atoms with Gasteiger partial charge in [-0.05, 0) is 41.0 Å². The molecule has 2 aromatic rings. The Bertz CT molecular complexity index is 627. The third-order valence-corrected chi connectivity index (χ3v) is 2.98. The Morgan fingerprint density at radius 1 is 1.50 bits per heavy atom. The minimum absolute atomic E-state index is 0.0292. The van der Waals surface area contributed by atoms with Crippen LogP contribution in [0.1, 0.15) is 18.9 Å². The third kappa shape index (κ3) is 3.17. The SMILES string of the molecule is Cc1ccc(F)cc1-c1nnnn1CC(C)CC(=O)O. The lowest BCUT2D eigenvalue weighted by Crippen LogP contribution is -2.14. The molecule has 0 aliphatic heterocycles. The van der Waals surface area contributed by atoms with Crippen LogP contribution in [0.15, 0.2) is 18.2 Å². The van der Waals surface area contributed by atoms with E-state index in [1.165, 1.54) is 16.8 Å². The zero-order valence-corrected chi connectivity index (χ0v) is 11.2. The molecule has 20 heavy (non-hydrogen) atoms. The first-order valence-electron chi connectivity index (χ1n) is 6.22. The first kappa shape index (κ1) is 14.1. The summed E-state index contributed by atoms with van der Waals surface area (Å²) in [6.45, 7) is 4.01. The van der Waals surface area contributed by atoms with E-state index in [2.05, 4.69) is 15.5 Å². The van der Waals surface area contributed by atoms with Gasteiger partial charge in [-0.1, -0.05) is 13.0 Å². The number of carboxylic acid groups (broad SMARTS) is 1. The van der Waals surface area contributed by atoms with Crippen molar-refractivity contribution >= 4 is 5.97 Å². The molecule has 2 rings (SSSR count). The summed E-state index contributed by atoms with van der Waals surface area (Å²) >= 11 is 0. The summed E-state index contributed by atoms with van der Waals surface area (Å²) in [5.41, 5.74) is 1.46. The van der Waals surface area contributed by atoms with Gasteiger partial charge in [-0.2, -0.15) is 0 Å². The van der Waals surface area contributed by atoms with Gasteiger partial charge in [-0.25, -0.2) is 9.07 Å². The van der Waals surface area contributed by atoms with Gasteiger partial charge in [0.15, 0.2) is 5.82 Å². The Kier molecular flexibility index (Phi) is 4.07. The number of tetrazole rings is 1. The molecule has 7 heteroatoms. The highest BCUT2D eigenvalue weighted by Gasteiger charge is 2.16. The fraction of sp³-hybridized carbons (Fsp3) is 0.385. The number of carboxylic acids is 1. The zero-order valence-electron chi connectivity index (χ0n) is 11.2. The van der Waals surface area contributed by atoms with Crippen LogP contribution < -0.4 is 0 Å². The van der Waals surface area contributed by atoms with Crippen molar-refractivity contribution < 1.29 is 14.3 Å². The van der Waals surface area contributed by atoms with E-state index >= 15 is 0 Å². The van der Waals surface area contributed by atoms with E-state index < -0.39 is 5.97 Å². The number of halogens is 1. The Morgan fingerprint density at radius 2 is 2.25 bits per heavy atom. The summed E-state index contributed by atoms with van der Waals surface area (Å²) in [5, 5.41) is 20.1. The smallest absolute Gasteiger partial charge is 0.303 e. The molecular formula is C13H15FN4O2. The molecule has 1 atom stereocenters. The highest BCUT2D eigenvalue weighted by Crippen LogP contribution is 2.22. The second-order valence-corrected chi connectivity index (χ2v) is 4.85. The lowest BCUT2D eigenvalue weighted by Gasteiger charge is -2.11. The quantitative estimate of drug-likeness (QED) is 0.903. The van der Waals surface area contributed by atoms with E-state index in [-0.39, 0.29) is 18.2 Å². The van der Waals surface area contributed by atoms with Crippen LogP contribution in [0, 0.1) is 18.7 Å². The molecule has 0 bridgehead atoms. The fourth-order valence-corrected chi connectivity index (χ4v) is 2.01. The van der Waals surface area contributed by atoms with Gasteiger partial charge in [0.25, 0.3) is 0 Å². The lowest BCUT2D eigenvalue weighted by atomic mass is 10.1. The highest BCUT2D eigenvalue weighted by atomic mass is 19.1. The molecule has 1 heterocycles. The minimum Gasteiger partial charge on any atom is -0.481 e. The van der Waals surface area contributed by atoms with Crippen LogP contribution >= 0.6 is 0 Å². The van der Waals surface area contributed by atoms with E-state index in [0.717, 1.165) is 5.56 Å². The first-order valence-corrected chi connectivity index (χ1v) is 6.22. The second-order valence-electron chi connectivity index (χ2n) is 4.85. The largest absolute Gasteiger partial charge is 0.481 e. The van der Waals surface area contributed by atoms with E-state index in [1.54, 1.807) is 13.0 Å². The molecule has 0 radical (unpaired) electrons. The van der Waals surface area contributed by atoms with Crippen molar-refractivity contribution in [3.8, 4) is 11.4 Å². The Balaban J connectivity index is 2.28. The number of aliphatic carboxylic acids is 1. The molecule has 1 aromatic heterocycles. The number of benzene rings is 1. The fourth-order valence-electron chi connectivity index (χ4n) is 2.01. The van der Waals surface area contributed by atoms with Gasteiger partial charge in [0.05, 0.1) is 0 Å². The summed E-state index contributed by atoms with van der Waals surface area (Å²) in [6.07, 6.45) is 0.0292.